The van der Waals surface area contributed by atoms with Gasteiger partial charge in [-0.05, 0) is 70.6 Å². The zero-order valence-electron chi connectivity index (χ0n) is 33.3. The van der Waals surface area contributed by atoms with Crippen molar-refractivity contribution in [1.29, 1.82) is 0 Å². The molecule has 5 heteroatoms. The predicted molar refractivity (Wildman–Crippen MR) is 218 cm³/mol. The summed E-state index contributed by atoms with van der Waals surface area (Å²) in [5.41, 5.74) is 0. The zero-order chi connectivity index (χ0) is 36.6. The Kier molecular flexibility index (Phi) is 39.2. The number of unbranched alkanes of at least 4 members (excludes halogenated alkanes) is 25. The minimum atomic E-state index is -1.16. The van der Waals surface area contributed by atoms with Crippen molar-refractivity contribution in [3.63, 3.8) is 0 Å². The van der Waals surface area contributed by atoms with Gasteiger partial charge in [0, 0.05) is 6.42 Å². The van der Waals surface area contributed by atoms with Crippen LogP contribution in [0.5, 0.6) is 0 Å². The van der Waals surface area contributed by atoms with Crippen LogP contribution in [0.15, 0.2) is 36.5 Å². The smallest absolute Gasteiger partial charge is 0.220 e. The number of rotatable bonds is 39. The molecule has 1 amide bonds. The topological polar surface area (TPSA) is 89.8 Å². The summed E-state index contributed by atoms with van der Waals surface area (Å²) in [5, 5.41) is 33.4. The Morgan fingerprint density at radius 3 is 1.28 bits per heavy atom. The molecule has 3 unspecified atom stereocenters. The monoisotopic (exact) mass is 704 g/mol. The lowest BCUT2D eigenvalue weighted by Crippen LogP contribution is -2.50. The van der Waals surface area contributed by atoms with Crippen LogP contribution >= 0.6 is 0 Å². The van der Waals surface area contributed by atoms with E-state index in [-0.39, 0.29) is 12.5 Å². The molecule has 3 atom stereocenters. The summed E-state index contributed by atoms with van der Waals surface area (Å²) in [4.78, 5) is 12.4. The van der Waals surface area contributed by atoms with Gasteiger partial charge in [-0.15, -0.1) is 0 Å². The van der Waals surface area contributed by atoms with Gasteiger partial charge in [0.15, 0.2) is 0 Å². The van der Waals surface area contributed by atoms with Crippen LogP contribution in [0.1, 0.15) is 219 Å². The van der Waals surface area contributed by atoms with E-state index in [2.05, 4.69) is 55.6 Å². The second-order valence-corrected chi connectivity index (χ2v) is 14.9. The highest BCUT2D eigenvalue weighted by Crippen LogP contribution is 2.14. The molecule has 294 valence electrons. The van der Waals surface area contributed by atoms with Crippen LogP contribution in [0.25, 0.3) is 0 Å². The molecule has 0 heterocycles. The number of carbonyl (C=O) groups excluding carboxylic acids is 1. The average molecular weight is 704 g/mol. The summed E-state index contributed by atoms with van der Waals surface area (Å²) in [6.45, 7) is 4.14. The number of hydrogen-bond acceptors (Lipinski definition) is 4. The quantitative estimate of drug-likeness (QED) is 0.0379. The van der Waals surface area contributed by atoms with Gasteiger partial charge in [-0.3, -0.25) is 4.79 Å². The molecule has 0 aliphatic carbocycles. The molecular formula is C45H85NO4. The van der Waals surface area contributed by atoms with Gasteiger partial charge in [0.05, 0.1) is 18.8 Å². The molecule has 0 rings (SSSR count). The molecule has 0 aromatic carbocycles. The van der Waals surface area contributed by atoms with Crippen molar-refractivity contribution >= 4 is 5.91 Å². The van der Waals surface area contributed by atoms with Crippen LogP contribution in [0, 0.1) is 0 Å². The highest BCUT2D eigenvalue weighted by Gasteiger charge is 2.26. The molecule has 0 saturated carbocycles. The van der Waals surface area contributed by atoms with Gasteiger partial charge in [0.25, 0.3) is 0 Å². The Labute approximate surface area is 311 Å². The fraction of sp³-hybridized carbons (Fsp3) is 0.844. The molecule has 0 saturated heterocycles. The molecule has 0 aliphatic heterocycles. The molecule has 0 aromatic rings. The Hall–Kier alpha value is -1.43. The van der Waals surface area contributed by atoms with E-state index in [0.717, 1.165) is 44.9 Å². The van der Waals surface area contributed by atoms with Crippen molar-refractivity contribution in [3.8, 4) is 0 Å². The lowest BCUT2D eigenvalue weighted by atomic mass is 10.0. The third-order valence-electron chi connectivity index (χ3n) is 9.97. The largest absolute Gasteiger partial charge is 0.394 e. The summed E-state index contributed by atoms with van der Waals surface area (Å²) in [6.07, 6.45) is 49.7. The van der Waals surface area contributed by atoms with Gasteiger partial charge in [-0.25, -0.2) is 0 Å². The number of allylic oxidation sites excluding steroid dienone is 6. The molecule has 5 nitrogen and oxygen atoms in total. The maximum absolute atomic E-state index is 12.4. The minimum absolute atomic E-state index is 0.160. The van der Waals surface area contributed by atoms with Crippen LogP contribution < -0.4 is 5.32 Å². The average Bonchev–Trinajstić information content (AvgIpc) is 3.12. The lowest BCUT2D eigenvalue weighted by Gasteiger charge is -2.26. The van der Waals surface area contributed by atoms with Crippen molar-refractivity contribution in [1.82, 2.24) is 5.32 Å². The lowest BCUT2D eigenvalue weighted by molar-refractivity contribution is -0.124. The molecule has 0 aliphatic rings. The Bertz CT molecular complexity index is 779. The van der Waals surface area contributed by atoms with Crippen LogP contribution in [-0.2, 0) is 4.79 Å². The maximum Gasteiger partial charge on any atom is 0.220 e. The van der Waals surface area contributed by atoms with Crippen molar-refractivity contribution < 1.29 is 20.1 Å². The van der Waals surface area contributed by atoms with E-state index >= 15 is 0 Å². The first kappa shape index (κ1) is 48.6. The van der Waals surface area contributed by atoms with Crippen LogP contribution in [0.4, 0.5) is 0 Å². The highest BCUT2D eigenvalue weighted by molar-refractivity contribution is 5.76. The van der Waals surface area contributed by atoms with Gasteiger partial charge in [0.1, 0.15) is 6.10 Å². The van der Waals surface area contributed by atoms with Crippen LogP contribution in [0.3, 0.4) is 0 Å². The van der Waals surface area contributed by atoms with Gasteiger partial charge in [-0.2, -0.15) is 0 Å². The van der Waals surface area contributed by atoms with Gasteiger partial charge in [0.2, 0.25) is 5.91 Å². The first-order valence-corrected chi connectivity index (χ1v) is 21.8. The van der Waals surface area contributed by atoms with E-state index in [1.807, 2.05) is 0 Å². The molecule has 0 spiro atoms. The molecule has 0 fully saturated rings. The summed E-state index contributed by atoms with van der Waals surface area (Å²) in [7, 11) is 0. The van der Waals surface area contributed by atoms with E-state index in [1.165, 1.54) is 148 Å². The van der Waals surface area contributed by atoms with Gasteiger partial charge < -0.3 is 20.6 Å². The van der Waals surface area contributed by atoms with E-state index < -0.39 is 18.2 Å². The molecule has 50 heavy (non-hydrogen) atoms. The number of amides is 1. The molecule has 0 aromatic heterocycles. The van der Waals surface area contributed by atoms with E-state index in [9.17, 15) is 20.1 Å². The number of nitrogens with one attached hydrogen (secondary N) is 1. The Morgan fingerprint density at radius 1 is 0.500 bits per heavy atom. The summed E-state index contributed by atoms with van der Waals surface area (Å²) < 4.78 is 0. The van der Waals surface area contributed by atoms with E-state index in [1.54, 1.807) is 0 Å². The van der Waals surface area contributed by atoms with Crippen molar-refractivity contribution in [2.24, 2.45) is 0 Å². The highest BCUT2D eigenvalue weighted by atomic mass is 16.3. The Balaban J connectivity index is 3.63. The fourth-order valence-corrected chi connectivity index (χ4v) is 6.54. The standard InChI is InChI=1S/C45H85NO4/c1-3-5-7-9-11-13-15-16-17-18-19-20-21-22-23-24-25-26-27-28-30-32-34-36-38-40-44(49)46-42(41-47)45(50)43(48)39-37-35-33-31-29-14-12-10-8-6-4-2/h19-20,22-23,31,33,42-43,45,47-48,50H,3-18,21,24-30,32,34-41H2,1-2H3,(H,46,49)/b20-19-,23-22-,33-31+. The van der Waals surface area contributed by atoms with Crippen LogP contribution in [0.2, 0.25) is 0 Å². The second-order valence-electron chi connectivity index (χ2n) is 14.9. The minimum Gasteiger partial charge on any atom is -0.394 e. The van der Waals surface area contributed by atoms with Crippen LogP contribution in [-0.4, -0.2) is 46.1 Å². The molecule has 4 N–H and O–H groups in total. The third-order valence-corrected chi connectivity index (χ3v) is 9.97. The fourth-order valence-electron chi connectivity index (χ4n) is 6.54. The van der Waals surface area contributed by atoms with Crippen molar-refractivity contribution in [2.45, 2.75) is 238 Å². The van der Waals surface area contributed by atoms with E-state index in [4.69, 9.17) is 0 Å². The molecule has 0 bridgehead atoms. The number of aliphatic hydroxyl groups is 3. The number of hydrogen-bond donors (Lipinski definition) is 4. The van der Waals surface area contributed by atoms with Crippen molar-refractivity contribution in [2.75, 3.05) is 6.61 Å². The summed E-state index contributed by atoms with van der Waals surface area (Å²) in [6, 6.07) is -0.827. The number of carbonyl (C=O) groups is 1. The first-order chi connectivity index (χ1) is 24.6. The molecular weight excluding hydrogens is 618 g/mol. The second kappa shape index (κ2) is 40.3. The van der Waals surface area contributed by atoms with E-state index in [0.29, 0.717) is 12.8 Å². The third kappa shape index (κ3) is 35.0. The predicted octanol–water partition coefficient (Wildman–Crippen LogP) is 12.4. The Morgan fingerprint density at radius 2 is 0.860 bits per heavy atom. The van der Waals surface area contributed by atoms with Gasteiger partial charge >= 0.3 is 0 Å². The van der Waals surface area contributed by atoms with Crippen molar-refractivity contribution in [3.05, 3.63) is 36.5 Å². The SMILES string of the molecule is CCCCCCCC/C=C/CCCC(O)C(O)C(CO)NC(=O)CCCCCCCCCCC/C=C\C/C=C\CCCCCCCCCCC. The first-order valence-electron chi connectivity index (χ1n) is 21.8. The zero-order valence-corrected chi connectivity index (χ0v) is 33.3. The van der Waals surface area contributed by atoms with Gasteiger partial charge in [-0.1, -0.05) is 179 Å². The summed E-state index contributed by atoms with van der Waals surface area (Å²) >= 11 is 0. The normalized spacial score (nSPS) is 13.9. The maximum atomic E-state index is 12.4. The summed E-state index contributed by atoms with van der Waals surface area (Å²) in [5.74, 6) is -0.160. The molecule has 0 radical (unpaired) electrons. The number of aliphatic hydroxyl groups excluding tert-OH is 3.